The number of nitrogens with zero attached hydrogens (tertiary/aromatic N) is 1. The number of rotatable bonds is 6. The molecule has 1 saturated heterocycles. The Morgan fingerprint density at radius 1 is 1.35 bits per heavy atom. The van der Waals surface area contributed by atoms with Crippen molar-refractivity contribution < 1.29 is 18.3 Å². The lowest BCUT2D eigenvalue weighted by molar-refractivity contribution is -0.145. The van der Waals surface area contributed by atoms with Crippen LogP contribution in [0.2, 0.25) is 0 Å². The van der Waals surface area contributed by atoms with Gasteiger partial charge in [0.25, 0.3) is 0 Å². The molecule has 1 rings (SSSR count). The van der Waals surface area contributed by atoms with Crippen LogP contribution in [0.15, 0.2) is 0 Å². The lowest BCUT2D eigenvalue weighted by Crippen LogP contribution is -2.52. The first-order valence-electron chi connectivity index (χ1n) is 5.90. The van der Waals surface area contributed by atoms with E-state index in [9.17, 15) is 13.2 Å². The Morgan fingerprint density at radius 3 is 2.29 bits per heavy atom. The van der Waals surface area contributed by atoms with Gasteiger partial charge in [0, 0.05) is 19.6 Å². The Balaban J connectivity index is 2.29. The van der Waals surface area contributed by atoms with Crippen LogP contribution in [0.5, 0.6) is 0 Å². The molecule has 1 atom stereocenters. The van der Waals surface area contributed by atoms with E-state index in [2.05, 4.69) is 0 Å². The van der Waals surface area contributed by atoms with Crippen LogP contribution in [0.3, 0.4) is 0 Å². The molecule has 0 spiro atoms. The molecule has 0 radical (unpaired) electrons. The molecule has 0 bridgehead atoms. The molecule has 0 aromatic carbocycles. The van der Waals surface area contributed by atoms with Crippen LogP contribution in [0.25, 0.3) is 0 Å². The zero-order valence-corrected chi connectivity index (χ0v) is 11.4. The fourth-order valence-corrected chi connectivity index (χ4v) is 2.79. The number of hydrogen-bond donors (Lipinski definition) is 1. The van der Waals surface area contributed by atoms with E-state index in [-0.39, 0.29) is 22.8 Å². The van der Waals surface area contributed by atoms with Crippen molar-refractivity contribution in [3.8, 4) is 0 Å². The first-order valence-corrected chi connectivity index (χ1v) is 7.62. The molecule has 5 nitrogen and oxygen atoms in total. The summed E-state index contributed by atoms with van der Waals surface area (Å²) < 4.78 is 23.2. The van der Waals surface area contributed by atoms with Crippen molar-refractivity contribution in [3.05, 3.63) is 0 Å². The van der Waals surface area contributed by atoms with Gasteiger partial charge in [-0.25, -0.2) is 8.42 Å². The number of likely N-dealkylation sites (tertiary alicyclic amines) is 1. The molecule has 1 heterocycles. The molecule has 1 unspecified atom stereocenters. The summed E-state index contributed by atoms with van der Waals surface area (Å²) in [6.45, 7) is 6.97. The van der Waals surface area contributed by atoms with Gasteiger partial charge in [-0.15, -0.1) is 0 Å². The Labute approximate surface area is 103 Å². The van der Waals surface area contributed by atoms with Crippen LogP contribution in [0, 0.1) is 11.8 Å². The topological polar surface area (TPSA) is 74.7 Å². The summed E-state index contributed by atoms with van der Waals surface area (Å²) in [6.07, 6.45) is 0. The van der Waals surface area contributed by atoms with Crippen LogP contribution in [-0.2, 0) is 14.6 Å². The molecule has 1 fully saturated rings. The van der Waals surface area contributed by atoms with Gasteiger partial charge >= 0.3 is 5.97 Å². The van der Waals surface area contributed by atoms with Crippen molar-refractivity contribution in [2.75, 3.05) is 25.4 Å². The minimum Gasteiger partial charge on any atom is -0.481 e. The van der Waals surface area contributed by atoms with Gasteiger partial charge < -0.3 is 10.0 Å². The van der Waals surface area contributed by atoms with E-state index in [4.69, 9.17) is 5.11 Å². The fraction of sp³-hybridized carbons (Fsp3) is 0.909. The molecule has 1 N–H and O–H groups in total. The molecule has 0 aromatic heterocycles. The third-order valence-electron chi connectivity index (χ3n) is 3.49. The average molecular weight is 263 g/mol. The second-order valence-corrected chi connectivity index (χ2v) is 7.74. The first kappa shape index (κ1) is 14.4. The zero-order chi connectivity index (χ0) is 13.2. The van der Waals surface area contributed by atoms with Gasteiger partial charge in [0.2, 0.25) is 0 Å². The van der Waals surface area contributed by atoms with Crippen molar-refractivity contribution in [1.82, 2.24) is 4.90 Å². The Kier molecular flexibility index (Phi) is 4.55. The summed E-state index contributed by atoms with van der Waals surface area (Å²) in [5.74, 6) is -0.787. The predicted octanol–water partition coefficient (Wildman–Crippen LogP) is 0.462. The van der Waals surface area contributed by atoms with Crippen molar-refractivity contribution in [3.63, 3.8) is 0 Å². The molecule has 0 amide bonds. The molecule has 100 valence electrons. The van der Waals surface area contributed by atoms with E-state index in [1.807, 2.05) is 4.90 Å². The molecule has 6 heteroatoms. The third kappa shape index (κ3) is 3.67. The van der Waals surface area contributed by atoms with Gasteiger partial charge in [-0.1, -0.05) is 6.92 Å². The second kappa shape index (κ2) is 5.35. The van der Waals surface area contributed by atoms with Crippen molar-refractivity contribution >= 4 is 15.8 Å². The Bertz CT molecular complexity index is 371. The fourth-order valence-electron chi connectivity index (χ4n) is 1.80. The highest BCUT2D eigenvalue weighted by Crippen LogP contribution is 2.23. The number of carboxylic acids is 1. The van der Waals surface area contributed by atoms with Gasteiger partial charge in [-0.05, 0) is 19.8 Å². The number of carbonyl (C=O) groups is 1. The van der Waals surface area contributed by atoms with Gasteiger partial charge in [-0.2, -0.15) is 0 Å². The maximum absolute atomic E-state index is 11.6. The maximum atomic E-state index is 11.6. The standard InChI is InChI=1S/C11H21NO4S/c1-8(2)17(15,16)5-4-12-6-10(7-12)9(3)11(13)14/h8-10H,4-7H2,1-3H3,(H,13,14). The quantitative estimate of drug-likeness (QED) is 0.753. The van der Waals surface area contributed by atoms with E-state index < -0.39 is 15.8 Å². The van der Waals surface area contributed by atoms with E-state index in [0.717, 1.165) is 0 Å². The van der Waals surface area contributed by atoms with E-state index >= 15 is 0 Å². The Morgan fingerprint density at radius 2 is 1.88 bits per heavy atom. The summed E-state index contributed by atoms with van der Waals surface area (Å²) in [4.78, 5) is 12.7. The zero-order valence-electron chi connectivity index (χ0n) is 10.6. The molecule has 0 saturated carbocycles. The minimum absolute atomic E-state index is 0.161. The number of carboxylic acid groups (broad SMARTS) is 1. The predicted molar refractivity (Wildman–Crippen MR) is 65.7 cm³/mol. The highest BCUT2D eigenvalue weighted by Gasteiger charge is 2.34. The molecule has 17 heavy (non-hydrogen) atoms. The van der Waals surface area contributed by atoms with Crippen LogP contribution >= 0.6 is 0 Å². The number of sulfone groups is 1. The summed E-state index contributed by atoms with van der Waals surface area (Å²) in [6, 6.07) is 0. The minimum atomic E-state index is -2.98. The third-order valence-corrected chi connectivity index (χ3v) is 5.68. The SMILES string of the molecule is CC(C(=O)O)C1CN(CCS(=O)(=O)C(C)C)C1. The van der Waals surface area contributed by atoms with Crippen molar-refractivity contribution in [2.45, 2.75) is 26.0 Å². The summed E-state index contributed by atoms with van der Waals surface area (Å²) in [5.41, 5.74) is 0. The second-order valence-electron chi connectivity index (χ2n) is 5.06. The molecule has 1 aliphatic rings. The van der Waals surface area contributed by atoms with Crippen LogP contribution in [0.1, 0.15) is 20.8 Å². The molecular weight excluding hydrogens is 242 g/mol. The van der Waals surface area contributed by atoms with Crippen molar-refractivity contribution in [2.24, 2.45) is 11.8 Å². The van der Waals surface area contributed by atoms with Gasteiger partial charge in [-0.3, -0.25) is 4.79 Å². The van der Waals surface area contributed by atoms with Gasteiger partial charge in [0.1, 0.15) is 0 Å². The lowest BCUT2D eigenvalue weighted by atomic mass is 9.87. The molecule has 0 aromatic rings. The summed E-state index contributed by atoms with van der Waals surface area (Å²) >= 11 is 0. The van der Waals surface area contributed by atoms with Crippen LogP contribution in [0.4, 0.5) is 0 Å². The van der Waals surface area contributed by atoms with E-state index in [1.54, 1.807) is 20.8 Å². The largest absolute Gasteiger partial charge is 0.481 e. The molecular formula is C11H21NO4S. The van der Waals surface area contributed by atoms with Crippen molar-refractivity contribution in [1.29, 1.82) is 0 Å². The van der Waals surface area contributed by atoms with Crippen LogP contribution < -0.4 is 0 Å². The van der Waals surface area contributed by atoms with Gasteiger partial charge in [0.15, 0.2) is 9.84 Å². The van der Waals surface area contributed by atoms with Gasteiger partial charge in [0.05, 0.1) is 16.9 Å². The summed E-state index contributed by atoms with van der Waals surface area (Å²) in [7, 11) is -2.98. The lowest BCUT2D eigenvalue weighted by Gasteiger charge is -2.41. The monoisotopic (exact) mass is 263 g/mol. The maximum Gasteiger partial charge on any atom is 0.306 e. The van der Waals surface area contributed by atoms with E-state index in [1.165, 1.54) is 0 Å². The number of hydrogen-bond acceptors (Lipinski definition) is 4. The van der Waals surface area contributed by atoms with E-state index in [0.29, 0.717) is 19.6 Å². The smallest absolute Gasteiger partial charge is 0.306 e. The Hall–Kier alpha value is -0.620. The molecule has 1 aliphatic heterocycles. The summed E-state index contributed by atoms with van der Waals surface area (Å²) in [5, 5.41) is 8.49. The average Bonchev–Trinajstić information content (AvgIpc) is 2.14. The highest BCUT2D eigenvalue weighted by atomic mass is 32.2. The number of aliphatic carboxylic acids is 1. The van der Waals surface area contributed by atoms with Crippen LogP contribution in [-0.4, -0.2) is 55.0 Å². The molecule has 0 aliphatic carbocycles. The first-order chi connectivity index (χ1) is 7.74. The normalized spacial score (nSPS) is 20.2. The highest BCUT2D eigenvalue weighted by molar-refractivity contribution is 7.92.